The van der Waals surface area contributed by atoms with Crippen LogP contribution in [0.3, 0.4) is 0 Å². The Bertz CT molecular complexity index is 394. The monoisotopic (exact) mass is 297 g/mol. The summed E-state index contributed by atoms with van der Waals surface area (Å²) in [6.07, 6.45) is 6.25. The maximum Gasteiger partial charge on any atom is 0.231 e. The smallest absolute Gasteiger partial charge is 0.231 e. The highest BCUT2D eigenvalue weighted by Gasteiger charge is 2.28. The molecule has 0 aromatic carbocycles. The summed E-state index contributed by atoms with van der Waals surface area (Å²) in [5.74, 6) is 4.79. The molecule has 0 spiro atoms. The molecular formula is C15H27N3OS. The zero-order chi connectivity index (χ0) is 14.4. The SMILES string of the molecule is CNC1CCCCCC1c1nc(CSCC(C)C)no1. The molecule has 5 heteroatoms. The summed E-state index contributed by atoms with van der Waals surface area (Å²) < 4.78 is 5.53. The van der Waals surface area contributed by atoms with Gasteiger partial charge in [-0.3, -0.25) is 0 Å². The van der Waals surface area contributed by atoms with Crippen LogP contribution in [0, 0.1) is 5.92 Å². The Morgan fingerprint density at radius 3 is 2.85 bits per heavy atom. The topological polar surface area (TPSA) is 51.0 Å². The summed E-state index contributed by atoms with van der Waals surface area (Å²) in [5.41, 5.74) is 0. The molecule has 2 rings (SSSR count). The first-order chi connectivity index (χ1) is 9.70. The van der Waals surface area contributed by atoms with Gasteiger partial charge in [0.2, 0.25) is 5.89 Å². The standard InChI is InChI=1S/C15H27N3OS/c1-11(2)9-20-10-14-17-15(19-18-14)12-7-5-4-6-8-13(12)16-3/h11-13,16H,4-10H2,1-3H3. The molecule has 1 heterocycles. The second-order valence-corrected chi connectivity index (χ2v) is 7.13. The second kappa shape index (κ2) is 8.03. The molecule has 1 aromatic rings. The maximum absolute atomic E-state index is 5.53. The fourth-order valence-electron chi connectivity index (χ4n) is 2.81. The van der Waals surface area contributed by atoms with E-state index < -0.39 is 0 Å². The summed E-state index contributed by atoms with van der Waals surface area (Å²) in [4.78, 5) is 4.63. The van der Waals surface area contributed by atoms with Gasteiger partial charge in [0.05, 0.1) is 11.7 Å². The number of nitrogens with zero attached hydrogens (tertiary/aromatic N) is 2. The highest BCUT2D eigenvalue weighted by Crippen LogP contribution is 2.31. The Labute approximate surface area is 126 Å². The third-order valence-electron chi connectivity index (χ3n) is 3.87. The zero-order valence-electron chi connectivity index (χ0n) is 12.9. The van der Waals surface area contributed by atoms with Gasteiger partial charge in [0, 0.05) is 6.04 Å². The number of likely N-dealkylation sites (N-methyl/N-ethyl adjacent to an activating group) is 1. The van der Waals surface area contributed by atoms with Gasteiger partial charge in [-0.15, -0.1) is 0 Å². The van der Waals surface area contributed by atoms with Crippen LogP contribution in [0.1, 0.15) is 63.6 Å². The minimum atomic E-state index is 0.388. The number of hydrogen-bond acceptors (Lipinski definition) is 5. The Hall–Kier alpha value is -0.550. The van der Waals surface area contributed by atoms with Crippen molar-refractivity contribution in [3.63, 3.8) is 0 Å². The van der Waals surface area contributed by atoms with Crippen LogP contribution in [-0.4, -0.2) is 29.0 Å². The van der Waals surface area contributed by atoms with Gasteiger partial charge in [0.25, 0.3) is 0 Å². The molecule has 1 fully saturated rings. The fraction of sp³-hybridized carbons (Fsp3) is 0.867. The Kier molecular flexibility index (Phi) is 6.36. The molecule has 0 bridgehead atoms. The van der Waals surface area contributed by atoms with Crippen LogP contribution < -0.4 is 5.32 Å². The van der Waals surface area contributed by atoms with Crippen LogP contribution >= 0.6 is 11.8 Å². The van der Waals surface area contributed by atoms with Crippen LogP contribution in [0.15, 0.2) is 4.52 Å². The summed E-state index contributed by atoms with van der Waals surface area (Å²) in [7, 11) is 2.04. The van der Waals surface area contributed by atoms with Gasteiger partial charge in [-0.2, -0.15) is 16.7 Å². The van der Waals surface area contributed by atoms with E-state index in [-0.39, 0.29) is 0 Å². The van der Waals surface area contributed by atoms with Crippen molar-refractivity contribution in [1.29, 1.82) is 0 Å². The highest BCUT2D eigenvalue weighted by atomic mass is 32.2. The van der Waals surface area contributed by atoms with E-state index in [0.717, 1.165) is 29.6 Å². The largest absolute Gasteiger partial charge is 0.339 e. The number of thioether (sulfide) groups is 1. The van der Waals surface area contributed by atoms with E-state index in [0.29, 0.717) is 17.9 Å². The average Bonchev–Trinajstić information content (AvgIpc) is 2.75. The van der Waals surface area contributed by atoms with E-state index >= 15 is 0 Å². The molecular weight excluding hydrogens is 270 g/mol. The minimum absolute atomic E-state index is 0.388. The van der Waals surface area contributed by atoms with Crippen LogP contribution in [-0.2, 0) is 5.75 Å². The normalized spacial score (nSPS) is 24.0. The zero-order valence-corrected chi connectivity index (χ0v) is 13.7. The third-order valence-corrected chi connectivity index (χ3v) is 5.23. The van der Waals surface area contributed by atoms with Crippen molar-refractivity contribution < 1.29 is 4.52 Å². The molecule has 2 unspecified atom stereocenters. The van der Waals surface area contributed by atoms with Gasteiger partial charge in [-0.25, -0.2) is 0 Å². The molecule has 0 saturated heterocycles. The van der Waals surface area contributed by atoms with Crippen molar-refractivity contribution in [2.75, 3.05) is 12.8 Å². The van der Waals surface area contributed by atoms with Crippen molar-refractivity contribution >= 4 is 11.8 Å². The summed E-state index contributed by atoms with van der Waals surface area (Å²) >= 11 is 1.88. The van der Waals surface area contributed by atoms with E-state index in [9.17, 15) is 0 Å². The first-order valence-electron chi connectivity index (χ1n) is 7.78. The van der Waals surface area contributed by atoms with Crippen molar-refractivity contribution in [2.45, 2.75) is 63.7 Å². The van der Waals surface area contributed by atoms with Crippen molar-refractivity contribution in [3.8, 4) is 0 Å². The highest BCUT2D eigenvalue weighted by molar-refractivity contribution is 7.98. The van der Waals surface area contributed by atoms with Gasteiger partial charge in [-0.1, -0.05) is 38.3 Å². The van der Waals surface area contributed by atoms with Gasteiger partial charge >= 0.3 is 0 Å². The lowest BCUT2D eigenvalue weighted by molar-refractivity contribution is 0.309. The molecule has 1 aliphatic rings. The predicted octanol–water partition coefficient (Wildman–Crippen LogP) is 3.59. The van der Waals surface area contributed by atoms with Crippen molar-refractivity contribution in [2.24, 2.45) is 5.92 Å². The van der Waals surface area contributed by atoms with E-state index in [4.69, 9.17) is 4.52 Å². The molecule has 1 N–H and O–H groups in total. The molecule has 114 valence electrons. The van der Waals surface area contributed by atoms with E-state index in [2.05, 4.69) is 29.3 Å². The Morgan fingerprint density at radius 1 is 1.30 bits per heavy atom. The summed E-state index contributed by atoms with van der Waals surface area (Å²) in [5, 5.41) is 7.58. The van der Waals surface area contributed by atoms with E-state index in [1.54, 1.807) is 0 Å². The van der Waals surface area contributed by atoms with Gasteiger partial charge in [-0.05, 0) is 31.6 Å². The average molecular weight is 297 g/mol. The lowest BCUT2D eigenvalue weighted by Crippen LogP contribution is -2.31. The lowest BCUT2D eigenvalue weighted by atomic mass is 9.95. The van der Waals surface area contributed by atoms with Crippen LogP contribution in [0.5, 0.6) is 0 Å². The lowest BCUT2D eigenvalue weighted by Gasteiger charge is -2.20. The van der Waals surface area contributed by atoms with Gasteiger partial charge in [0.15, 0.2) is 5.82 Å². The summed E-state index contributed by atoms with van der Waals surface area (Å²) in [6, 6.07) is 0.481. The fourth-order valence-corrected chi connectivity index (χ4v) is 3.70. The quantitative estimate of drug-likeness (QED) is 0.813. The molecule has 0 amide bonds. The van der Waals surface area contributed by atoms with Crippen molar-refractivity contribution in [1.82, 2.24) is 15.5 Å². The first-order valence-corrected chi connectivity index (χ1v) is 8.93. The minimum Gasteiger partial charge on any atom is -0.339 e. The van der Waals surface area contributed by atoms with Crippen molar-refractivity contribution in [3.05, 3.63) is 11.7 Å². The molecule has 4 nitrogen and oxygen atoms in total. The number of hydrogen-bond donors (Lipinski definition) is 1. The predicted molar refractivity (Wildman–Crippen MR) is 84.0 cm³/mol. The molecule has 0 radical (unpaired) electrons. The van der Waals surface area contributed by atoms with E-state index in [1.807, 2.05) is 18.8 Å². The Balaban J connectivity index is 1.95. The molecule has 20 heavy (non-hydrogen) atoms. The molecule has 1 aromatic heterocycles. The number of rotatable bonds is 6. The first kappa shape index (κ1) is 15.8. The van der Waals surface area contributed by atoms with E-state index in [1.165, 1.54) is 25.7 Å². The molecule has 1 aliphatic carbocycles. The maximum atomic E-state index is 5.53. The molecule has 0 aliphatic heterocycles. The molecule has 1 saturated carbocycles. The van der Waals surface area contributed by atoms with Crippen LogP contribution in [0.2, 0.25) is 0 Å². The number of nitrogens with one attached hydrogen (secondary N) is 1. The second-order valence-electron chi connectivity index (χ2n) is 6.10. The number of aromatic nitrogens is 2. The third kappa shape index (κ3) is 4.48. The summed E-state index contributed by atoms with van der Waals surface area (Å²) in [6.45, 7) is 4.47. The Morgan fingerprint density at radius 2 is 2.10 bits per heavy atom. The van der Waals surface area contributed by atoms with Gasteiger partial charge < -0.3 is 9.84 Å². The van der Waals surface area contributed by atoms with Crippen LogP contribution in [0.25, 0.3) is 0 Å². The van der Waals surface area contributed by atoms with Gasteiger partial charge in [0.1, 0.15) is 0 Å². The van der Waals surface area contributed by atoms with Crippen LogP contribution in [0.4, 0.5) is 0 Å². The molecule has 2 atom stereocenters.